The van der Waals surface area contributed by atoms with E-state index >= 15 is 0 Å². The van der Waals surface area contributed by atoms with Gasteiger partial charge in [-0.05, 0) is 30.5 Å². The first-order chi connectivity index (χ1) is 8.25. The number of fused-ring (bicyclic) bond motifs is 1. The van der Waals surface area contributed by atoms with Crippen molar-refractivity contribution in [3.8, 4) is 11.3 Å². The third-order valence-electron chi connectivity index (χ3n) is 2.51. The Morgan fingerprint density at radius 2 is 2.18 bits per heavy atom. The van der Waals surface area contributed by atoms with Crippen molar-refractivity contribution in [3.05, 3.63) is 34.8 Å². The van der Waals surface area contributed by atoms with Crippen molar-refractivity contribution < 1.29 is 0 Å². The van der Waals surface area contributed by atoms with Crippen LogP contribution in [0.25, 0.3) is 16.9 Å². The van der Waals surface area contributed by atoms with Gasteiger partial charge >= 0.3 is 0 Å². The van der Waals surface area contributed by atoms with Crippen LogP contribution in [0.2, 0.25) is 0 Å². The molecule has 0 fully saturated rings. The van der Waals surface area contributed by atoms with Gasteiger partial charge in [-0.15, -0.1) is 10.2 Å². The molecular formula is C11H11N5S. The van der Waals surface area contributed by atoms with Gasteiger partial charge in [-0.1, -0.05) is 0 Å². The molecule has 0 saturated heterocycles. The minimum Gasteiger partial charge on any atom is -0.321 e. The second kappa shape index (κ2) is 3.90. The van der Waals surface area contributed by atoms with E-state index < -0.39 is 0 Å². The van der Waals surface area contributed by atoms with Crippen molar-refractivity contribution >= 4 is 17.0 Å². The smallest absolute Gasteiger partial charge is 0.178 e. The summed E-state index contributed by atoms with van der Waals surface area (Å²) in [4.78, 5) is 0. The largest absolute Gasteiger partial charge is 0.321 e. The van der Waals surface area contributed by atoms with Crippen molar-refractivity contribution in [2.24, 2.45) is 5.73 Å². The average Bonchev–Trinajstić information content (AvgIpc) is 2.97. The molecule has 3 aromatic heterocycles. The topological polar surface area (TPSA) is 69.1 Å². The Hall–Kier alpha value is -1.79. The van der Waals surface area contributed by atoms with Crippen LogP contribution in [0.1, 0.15) is 18.8 Å². The molecule has 2 N–H and O–H groups in total. The standard InChI is InChI=1S/C11H11N5S/c1-7(12)11-14-13-10-3-2-9(15-16(10)11)8-4-5-17-6-8/h2-7H,12H2,1H3/t7-/m0/s1. The molecule has 0 aliphatic rings. The van der Waals surface area contributed by atoms with Gasteiger partial charge in [0, 0.05) is 10.9 Å². The first-order valence-corrected chi connectivity index (χ1v) is 6.20. The number of hydrogen-bond donors (Lipinski definition) is 1. The molecule has 3 rings (SSSR count). The lowest BCUT2D eigenvalue weighted by atomic mass is 10.2. The van der Waals surface area contributed by atoms with Crippen molar-refractivity contribution in [2.45, 2.75) is 13.0 Å². The number of thiophene rings is 1. The molecule has 0 spiro atoms. The molecule has 0 aliphatic carbocycles. The van der Waals surface area contributed by atoms with Crippen molar-refractivity contribution in [1.29, 1.82) is 0 Å². The molecule has 0 saturated carbocycles. The highest BCUT2D eigenvalue weighted by Crippen LogP contribution is 2.20. The summed E-state index contributed by atoms with van der Waals surface area (Å²) in [5.41, 5.74) is 8.55. The van der Waals surface area contributed by atoms with E-state index in [4.69, 9.17) is 5.73 Å². The third kappa shape index (κ3) is 1.71. The SMILES string of the molecule is C[C@H](N)c1nnc2ccc(-c3ccsc3)nn12. The zero-order valence-electron chi connectivity index (χ0n) is 9.24. The van der Waals surface area contributed by atoms with Crippen LogP contribution in [-0.4, -0.2) is 19.8 Å². The van der Waals surface area contributed by atoms with E-state index in [1.54, 1.807) is 15.9 Å². The summed E-state index contributed by atoms with van der Waals surface area (Å²) in [6.45, 7) is 1.87. The molecule has 6 heteroatoms. The van der Waals surface area contributed by atoms with Crippen molar-refractivity contribution in [3.63, 3.8) is 0 Å². The molecule has 3 aromatic rings. The van der Waals surface area contributed by atoms with Crippen LogP contribution < -0.4 is 5.73 Å². The van der Waals surface area contributed by atoms with Crippen LogP contribution in [0.4, 0.5) is 0 Å². The second-order valence-corrected chi connectivity index (χ2v) is 4.63. The summed E-state index contributed by atoms with van der Waals surface area (Å²) in [6, 6.07) is 5.69. The normalized spacial score (nSPS) is 13.1. The summed E-state index contributed by atoms with van der Waals surface area (Å²) < 4.78 is 1.71. The van der Waals surface area contributed by atoms with Gasteiger partial charge in [0.25, 0.3) is 0 Å². The number of hydrogen-bond acceptors (Lipinski definition) is 5. The van der Waals surface area contributed by atoms with Crippen LogP contribution in [0.15, 0.2) is 29.0 Å². The van der Waals surface area contributed by atoms with Crippen LogP contribution in [-0.2, 0) is 0 Å². The van der Waals surface area contributed by atoms with Crippen molar-refractivity contribution in [1.82, 2.24) is 19.8 Å². The fraction of sp³-hybridized carbons (Fsp3) is 0.182. The fourth-order valence-corrected chi connectivity index (χ4v) is 2.30. The molecule has 0 amide bonds. The quantitative estimate of drug-likeness (QED) is 0.748. The van der Waals surface area contributed by atoms with Crippen LogP contribution in [0.3, 0.4) is 0 Å². The molecule has 0 aliphatic heterocycles. The summed E-state index contributed by atoms with van der Waals surface area (Å²) in [7, 11) is 0. The first-order valence-electron chi connectivity index (χ1n) is 5.26. The van der Waals surface area contributed by atoms with Gasteiger partial charge in [-0.25, -0.2) is 0 Å². The Morgan fingerprint density at radius 3 is 2.88 bits per heavy atom. The molecule has 0 unspecified atom stereocenters. The molecular weight excluding hydrogens is 234 g/mol. The monoisotopic (exact) mass is 245 g/mol. The molecule has 0 aromatic carbocycles. The third-order valence-corrected chi connectivity index (χ3v) is 3.19. The molecule has 0 bridgehead atoms. The predicted octanol–water partition coefficient (Wildman–Crippen LogP) is 1.87. The average molecular weight is 245 g/mol. The van der Waals surface area contributed by atoms with E-state index in [2.05, 4.69) is 20.7 Å². The van der Waals surface area contributed by atoms with Gasteiger partial charge in [0.05, 0.1) is 11.7 Å². The van der Waals surface area contributed by atoms with Crippen LogP contribution in [0, 0.1) is 0 Å². The number of aromatic nitrogens is 4. The lowest BCUT2D eigenvalue weighted by molar-refractivity contribution is 0.696. The Morgan fingerprint density at radius 1 is 1.29 bits per heavy atom. The lowest BCUT2D eigenvalue weighted by Crippen LogP contribution is -2.11. The minimum atomic E-state index is -0.185. The van der Waals surface area contributed by atoms with Gasteiger partial charge < -0.3 is 5.73 Å². The molecule has 1 atom stereocenters. The molecule has 3 heterocycles. The number of nitrogens with two attached hydrogens (primary N) is 1. The van der Waals surface area contributed by atoms with E-state index in [1.165, 1.54) is 0 Å². The highest BCUT2D eigenvalue weighted by Gasteiger charge is 2.11. The summed E-state index contributed by atoms with van der Waals surface area (Å²) in [5.74, 6) is 0.678. The first kappa shape index (κ1) is 10.4. The van der Waals surface area contributed by atoms with E-state index in [0.29, 0.717) is 5.82 Å². The zero-order chi connectivity index (χ0) is 11.8. The second-order valence-electron chi connectivity index (χ2n) is 3.85. The Bertz CT molecular complexity index is 641. The summed E-state index contributed by atoms with van der Waals surface area (Å²) in [6.07, 6.45) is 0. The Labute approximate surface area is 102 Å². The van der Waals surface area contributed by atoms with E-state index in [9.17, 15) is 0 Å². The molecule has 86 valence electrons. The van der Waals surface area contributed by atoms with Crippen molar-refractivity contribution in [2.75, 3.05) is 0 Å². The zero-order valence-corrected chi connectivity index (χ0v) is 10.1. The highest BCUT2D eigenvalue weighted by molar-refractivity contribution is 7.08. The highest BCUT2D eigenvalue weighted by atomic mass is 32.1. The van der Waals surface area contributed by atoms with Crippen LogP contribution >= 0.6 is 11.3 Å². The van der Waals surface area contributed by atoms with E-state index in [-0.39, 0.29) is 6.04 Å². The van der Waals surface area contributed by atoms with E-state index in [1.807, 2.05) is 30.5 Å². The van der Waals surface area contributed by atoms with Gasteiger partial charge in [0.1, 0.15) is 0 Å². The number of rotatable bonds is 2. The van der Waals surface area contributed by atoms with Gasteiger partial charge in [-0.2, -0.15) is 21.0 Å². The van der Waals surface area contributed by atoms with Gasteiger partial charge in [0.15, 0.2) is 11.5 Å². The Balaban J connectivity index is 2.20. The summed E-state index contributed by atoms with van der Waals surface area (Å²) >= 11 is 1.65. The number of nitrogens with zero attached hydrogens (tertiary/aromatic N) is 4. The predicted molar refractivity (Wildman–Crippen MR) is 66.7 cm³/mol. The molecule has 5 nitrogen and oxygen atoms in total. The molecule has 0 radical (unpaired) electrons. The van der Waals surface area contributed by atoms with Crippen LogP contribution in [0.5, 0.6) is 0 Å². The van der Waals surface area contributed by atoms with Gasteiger partial charge in [-0.3, -0.25) is 0 Å². The summed E-state index contributed by atoms with van der Waals surface area (Å²) in [5, 5.41) is 16.7. The van der Waals surface area contributed by atoms with Gasteiger partial charge in [0.2, 0.25) is 0 Å². The lowest BCUT2D eigenvalue weighted by Gasteiger charge is -2.03. The maximum atomic E-state index is 5.83. The van der Waals surface area contributed by atoms with E-state index in [0.717, 1.165) is 16.9 Å². The minimum absolute atomic E-state index is 0.185. The maximum Gasteiger partial charge on any atom is 0.178 e. The molecule has 17 heavy (non-hydrogen) atoms. The fourth-order valence-electron chi connectivity index (χ4n) is 1.65. The maximum absolute atomic E-state index is 5.83. The Kier molecular flexibility index (Phi) is 2.38.